The number of benzene rings is 2. The van der Waals surface area contributed by atoms with Gasteiger partial charge in [-0.15, -0.1) is 0 Å². The largest absolute Gasteiger partial charge is 0.481 e. The number of hydrogen-bond donors (Lipinski definition) is 1. The molecule has 0 unspecified atom stereocenters. The van der Waals surface area contributed by atoms with Gasteiger partial charge in [0.2, 0.25) is 9.84 Å². The molecule has 0 spiro atoms. The monoisotopic (exact) mass is 607 g/mol. The molecule has 9 nitrogen and oxygen atoms in total. The number of carbonyl (C=O) groups excluding carboxylic acids is 1. The number of likely N-dealkylation sites (N-methyl/N-ethyl adjacent to an activating group) is 1. The van der Waals surface area contributed by atoms with Crippen molar-refractivity contribution < 1.29 is 26.4 Å². The van der Waals surface area contributed by atoms with Crippen LogP contribution in [0, 0.1) is 5.92 Å². The summed E-state index contributed by atoms with van der Waals surface area (Å²) >= 11 is 0. The maximum absolute atomic E-state index is 14.0. The van der Waals surface area contributed by atoms with Crippen molar-refractivity contribution in [2.45, 2.75) is 40.4 Å². The minimum atomic E-state index is -4.08. The average molecular weight is 608 g/mol. The van der Waals surface area contributed by atoms with Gasteiger partial charge in [0.1, 0.15) is 10.5 Å². The van der Waals surface area contributed by atoms with Crippen LogP contribution in [0.1, 0.15) is 36.9 Å². The second kappa shape index (κ2) is 11.7. The Morgan fingerprint density at radius 1 is 1.00 bits per heavy atom. The molecule has 0 aliphatic heterocycles. The van der Waals surface area contributed by atoms with E-state index in [1.807, 2.05) is 0 Å². The number of aromatic nitrogens is 2. The number of allylic oxidation sites excluding steroid dienone is 1. The summed E-state index contributed by atoms with van der Waals surface area (Å²) in [5.41, 5.74) is 2.60. The smallest absolute Gasteiger partial charge is 0.259 e. The molecule has 0 saturated heterocycles. The first-order chi connectivity index (χ1) is 19.9. The number of sulfone groups is 2. The van der Waals surface area contributed by atoms with Crippen LogP contribution in [0.5, 0.6) is 5.75 Å². The van der Waals surface area contributed by atoms with E-state index in [0.29, 0.717) is 22.6 Å². The lowest BCUT2D eigenvalue weighted by atomic mass is 9.96. The second-order valence-electron chi connectivity index (χ2n) is 10.7. The summed E-state index contributed by atoms with van der Waals surface area (Å²) in [6, 6.07) is 16.5. The predicted octanol–water partition coefficient (Wildman–Crippen LogP) is 4.89. The molecule has 4 aromatic rings. The molecule has 1 amide bonds. The van der Waals surface area contributed by atoms with Gasteiger partial charge >= 0.3 is 0 Å². The van der Waals surface area contributed by atoms with Crippen LogP contribution in [0.2, 0.25) is 0 Å². The van der Waals surface area contributed by atoms with Crippen LogP contribution in [-0.2, 0) is 24.5 Å². The molecule has 0 radical (unpaired) electrons. The standard InChI is InChI=1S/C31H33N3O6S2/c1-34(2)29(35)20-40-28-19-32-31-26(30(28)42(38,39)24-11-5-4-6-12-24)18-27(33-31)25(17-21-9-7-8-10-21)22-13-15-23(16-14-22)41(3,36)37/h4-6,11-19,21H,7-10,20H2,1-3H3,(H,32,33). The van der Waals surface area contributed by atoms with E-state index in [4.69, 9.17) is 4.74 Å². The van der Waals surface area contributed by atoms with Crippen LogP contribution in [0.3, 0.4) is 0 Å². The first-order valence-corrected chi connectivity index (χ1v) is 17.0. The minimum Gasteiger partial charge on any atom is -0.481 e. The maximum Gasteiger partial charge on any atom is 0.259 e. The Balaban J connectivity index is 1.69. The van der Waals surface area contributed by atoms with Gasteiger partial charge in [-0.25, -0.2) is 21.8 Å². The Hall–Kier alpha value is -3.96. The third-order valence-electron chi connectivity index (χ3n) is 7.43. The van der Waals surface area contributed by atoms with Crippen LogP contribution in [0.25, 0.3) is 16.6 Å². The molecule has 2 aromatic heterocycles. The van der Waals surface area contributed by atoms with Crippen LogP contribution >= 0.6 is 0 Å². The van der Waals surface area contributed by atoms with Crippen LogP contribution in [0.15, 0.2) is 87.6 Å². The first-order valence-electron chi connectivity index (χ1n) is 13.6. The van der Waals surface area contributed by atoms with Crippen molar-refractivity contribution in [2.24, 2.45) is 5.92 Å². The van der Waals surface area contributed by atoms with Gasteiger partial charge in [-0.2, -0.15) is 0 Å². The Bertz CT molecular complexity index is 1850. The quantitative estimate of drug-likeness (QED) is 0.287. The maximum atomic E-state index is 14.0. The van der Waals surface area contributed by atoms with Crippen LogP contribution in [-0.4, -0.2) is 64.6 Å². The van der Waals surface area contributed by atoms with Gasteiger partial charge < -0.3 is 14.6 Å². The Kier molecular flexibility index (Phi) is 8.25. The van der Waals surface area contributed by atoms with E-state index in [-0.39, 0.29) is 33.0 Å². The second-order valence-corrected chi connectivity index (χ2v) is 14.6. The third kappa shape index (κ3) is 6.12. The number of nitrogens with one attached hydrogen (secondary N) is 1. The van der Waals surface area contributed by atoms with Crippen molar-refractivity contribution in [3.05, 3.63) is 84.2 Å². The molecule has 1 N–H and O–H groups in total. The van der Waals surface area contributed by atoms with E-state index in [0.717, 1.165) is 36.8 Å². The lowest BCUT2D eigenvalue weighted by Gasteiger charge is -2.14. The third-order valence-corrected chi connectivity index (χ3v) is 10.4. The highest BCUT2D eigenvalue weighted by atomic mass is 32.2. The van der Waals surface area contributed by atoms with Crippen LogP contribution < -0.4 is 4.74 Å². The lowest BCUT2D eigenvalue weighted by Crippen LogP contribution is -2.27. The van der Waals surface area contributed by atoms with Gasteiger partial charge in [0, 0.05) is 37.0 Å². The van der Waals surface area contributed by atoms with E-state index in [1.54, 1.807) is 62.6 Å². The zero-order chi connectivity index (χ0) is 30.1. The summed E-state index contributed by atoms with van der Waals surface area (Å²) in [6.45, 7) is -0.353. The lowest BCUT2D eigenvalue weighted by molar-refractivity contribution is -0.130. The highest BCUT2D eigenvalue weighted by Crippen LogP contribution is 2.38. The van der Waals surface area contributed by atoms with Crippen molar-refractivity contribution in [3.8, 4) is 5.75 Å². The number of amides is 1. The predicted molar refractivity (Wildman–Crippen MR) is 161 cm³/mol. The normalized spacial score (nSPS) is 14.8. The first kappa shape index (κ1) is 29.5. The van der Waals surface area contributed by atoms with E-state index in [9.17, 15) is 21.6 Å². The van der Waals surface area contributed by atoms with Gasteiger partial charge in [0.25, 0.3) is 5.91 Å². The van der Waals surface area contributed by atoms with E-state index in [2.05, 4.69) is 16.0 Å². The average Bonchev–Trinajstić information content (AvgIpc) is 3.64. The van der Waals surface area contributed by atoms with E-state index >= 15 is 0 Å². The highest BCUT2D eigenvalue weighted by Gasteiger charge is 2.28. The number of aromatic amines is 1. The highest BCUT2D eigenvalue weighted by molar-refractivity contribution is 7.92. The molecule has 2 aromatic carbocycles. The van der Waals surface area contributed by atoms with Gasteiger partial charge in [-0.1, -0.05) is 49.2 Å². The number of rotatable bonds is 9. The van der Waals surface area contributed by atoms with E-state index < -0.39 is 19.7 Å². The summed E-state index contributed by atoms with van der Waals surface area (Å²) in [6.07, 6.45) is 8.99. The zero-order valence-electron chi connectivity index (χ0n) is 23.7. The summed E-state index contributed by atoms with van der Waals surface area (Å²) in [5, 5.41) is 0.328. The SMILES string of the molecule is CN(C)C(=O)COc1cnc2[nH]c(C(=CC3CCCC3)c3ccc(S(C)(=O)=O)cc3)cc2c1S(=O)(=O)c1ccccc1. The number of fused-ring (bicyclic) bond motifs is 1. The van der Waals surface area contributed by atoms with Crippen molar-refractivity contribution >= 4 is 42.2 Å². The molecule has 1 saturated carbocycles. The molecule has 2 heterocycles. The Morgan fingerprint density at radius 3 is 2.29 bits per heavy atom. The van der Waals surface area contributed by atoms with Crippen molar-refractivity contribution in [1.82, 2.24) is 14.9 Å². The number of carbonyl (C=O) groups is 1. The number of ether oxygens (including phenoxy) is 1. The summed E-state index contributed by atoms with van der Waals surface area (Å²) < 4.78 is 57.9. The molecule has 0 atom stereocenters. The Morgan fingerprint density at radius 2 is 1.67 bits per heavy atom. The minimum absolute atomic E-state index is 0.0223. The fourth-order valence-electron chi connectivity index (χ4n) is 5.13. The fourth-order valence-corrected chi connectivity index (χ4v) is 7.33. The van der Waals surface area contributed by atoms with Gasteiger partial charge in [0.05, 0.1) is 16.0 Å². The van der Waals surface area contributed by atoms with Crippen molar-refractivity contribution in [1.29, 1.82) is 0 Å². The molecular formula is C31H33N3O6S2. The molecule has 5 rings (SSSR count). The molecule has 0 bridgehead atoms. The van der Waals surface area contributed by atoms with Gasteiger partial charge in [-0.05, 0) is 54.7 Å². The Labute approximate surface area is 246 Å². The number of hydrogen-bond acceptors (Lipinski definition) is 7. The van der Waals surface area contributed by atoms with Crippen molar-refractivity contribution in [3.63, 3.8) is 0 Å². The van der Waals surface area contributed by atoms with Gasteiger partial charge in [0.15, 0.2) is 22.2 Å². The molecule has 1 aliphatic rings. The van der Waals surface area contributed by atoms with Gasteiger partial charge in [-0.3, -0.25) is 4.79 Å². The summed E-state index contributed by atoms with van der Waals surface area (Å²) in [4.78, 5) is 21.6. The number of nitrogens with zero attached hydrogens (tertiary/aromatic N) is 2. The topological polar surface area (TPSA) is 126 Å². The van der Waals surface area contributed by atoms with E-state index in [1.165, 1.54) is 29.5 Å². The summed E-state index contributed by atoms with van der Waals surface area (Å²) in [5.74, 6) is -0.0180. The molecule has 220 valence electrons. The number of H-pyrrole nitrogens is 1. The number of pyridine rings is 1. The fraction of sp³-hybridized carbons (Fsp3) is 0.290. The zero-order valence-corrected chi connectivity index (χ0v) is 25.3. The van der Waals surface area contributed by atoms with Crippen LogP contribution in [0.4, 0.5) is 0 Å². The molecule has 1 aliphatic carbocycles. The molecule has 11 heteroatoms. The molecule has 42 heavy (non-hydrogen) atoms. The van der Waals surface area contributed by atoms with Crippen molar-refractivity contribution in [2.75, 3.05) is 27.0 Å². The molecular weight excluding hydrogens is 574 g/mol. The summed E-state index contributed by atoms with van der Waals surface area (Å²) in [7, 11) is -4.27. The molecule has 1 fully saturated rings.